The van der Waals surface area contributed by atoms with Crippen molar-refractivity contribution in [1.29, 1.82) is 0 Å². The van der Waals surface area contributed by atoms with Crippen molar-refractivity contribution in [2.24, 2.45) is 17.8 Å². The Morgan fingerprint density at radius 2 is 1.76 bits per heavy atom. The van der Waals surface area contributed by atoms with Gasteiger partial charge in [0.25, 0.3) is 11.8 Å². The van der Waals surface area contributed by atoms with Crippen molar-refractivity contribution in [3.63, 3.8) is 0 Å². The number of allylic oxidation sites excluding steroid dienone is 2. The second kappa shape index (κ2) is 9.44. The van der Waals surface area contributed by atoms with Crippen LogP contribution in [0.15, 0.2) is 59.1 Å². The number of hydrogen-bond donors (Lipinski definition) is 1. The van der Waals surface area contributed by atoms with Gasteiger partial charge in [0.05, 0.1) is 24.6 Å². The van der Waals surface area contributed by atoms with E-state index in [9.17, 15) is 24.3 Å². The number of carbonyl (C=O) groups excluding carboxylic acids is 4. The van der Waals surface area contributed by atoms with E-state index < -0.39 is 51.1 Å². The highest BCUT2D eigenvalue weighted by atomic mass is 79.9. The molecule has 2 aliphatic heterocycles. The van der Waals surface area contributed by atoms with Gasteiger partial charge in [0.15, 0.2) is 21.2 Å². The predicted molar refractivity (Wildman–Crippen MR) is 157 cm³/mol. The van der Waals surface area contributed by atoms with E-state index in [0.717, 1.165) is 10.5 Å². The maximum absolute atomic E-state index is 14.1. The number of methoxy groups -OCH3 is 1. The Balaban J connectivity index is 1.53. The molecule has 2 heterocycles. The van der Waals surface area contributed by atoms with Gasteiger partial charge in [-0.1, -0.05) is 52.4 Å². The monoisotopic (exact) mass is 658 g/mol. The fourth-order valence-electron chi connectivity index (χ4n) is 7.07. The van der Waals surface area contributed by atoms with Crippen molar-refractivity contribution < 1.29 is 29.0 Å². The number of hydrogen-bond acceptors (Lipinski definition) is 6. The van der Waals surface area contributed by atoms with Crippen LogP contribution in [0, 0.1) is 17.8 Å². The summed E-state index contributed by atoms with van der Waals surface area (Å²) in [5, 5.41) is 11.3. The smallest absolute Gasteiger partial charge is 0.253 e. The lowest BCUT2D eigenvalue weighted by Gasteiger charge is -2.50. The molecular weight excluding hydrogens is 635 g/mol. The number of nitrogens with zero attached hydrogens (tertiary/aromatic N) is 2. The maximum atomic E-state index is 14.1. The number of ether oxygens (including phenoxy) is 1. The van der Waals surface area contributed by atoms with Crippen LogP contribution in [-0.2, 0) is 19.2 Å². The average molecular weight is 660 g/mol. The molecule has 6 atom stereocenters. The minimum Gasteiger partial charge on any atom is -0.504 e. The van der Waals surface area contributed by atoms with Gasteiger partial charge >= 0.3 is 0 Å². The van der Waals surface area contributed by atoms with E-state index in [-0.39, 0.29) is 35.8 Å². The standard InChI is InChI=1S/C30H25BrCl2N2O6/c1-4-14-5-7-16(8-6-14)35-25(37)18-10-9-17-20(22(18)26(35)38)13-29(32)27(39)34(2)28(40)30(29,33)23(17)19-11-15(31)12-21(41-3)24(19)36/h4-9,11-12,18,20,22-23,36H,1,10,13H2,2-3H3/t18-,20+,22-,23+,29+,30-/m0/s1. The number of phenolic OH excluding ortho intramolecular Hbond substituents is 1. The highest BCUT2D eigenvalue weighted by molar-refractivity contribution is 9.10. The van der Waals surface area contributed by atoms with Crippen molar-refractivity contribution in [1.82, 2.24) is 4.90 Å². The van der Waals surface area contributed by atoms with Crippen LogP contribution >= 0.6 is 39.1 Å². The van der Waals surface area contributed by atoms with Gasteiger partial charge in [-0.15, -0.1) is 23.2 Å². The second-order valence-electron chi connectivity index (χ2n) is 10.9. The summed E-state index contributed by atoms with van der Waals surface area (Å²) in [6, 6.07) is 10.1. The molecule has 1 saturated carbocycles. The molecule has 0 radical (unpaired) electrons. The van der Waals surface area contributed by atoms with Gasteiger partial charge in [0.2, 0.25) is 11.8 Å². The molecule has 2 aliphatic carbocycles. The van der Waals surface area contributed by atoms with E-state index >= 15 is 0 Å². The van der Waals surface area contributed by atoms with Crippen LogP contribution in [0.1, 0.15) is 29.9 Å². The molecule has 3 fully saturated rings. The molecule has 212 valence electrons. The lowest BCUT2D eigenvalue weighted by atomic mass is 9.56. The second-order valence-corrected chi connectivity index (χ2v) is 13.0. The molecule has 4 amide bonds. The number of benzene rings is 2. The summed E-state index contributed by atoms with van der Waals surface area (Å²) >= 11 is 17.8. The summed E-state index contributed by atoms with van der Waals surface area (Å²) in [6.07, 6.45) is 3.56. The van der Waals surface area contributed by atoms with Gasteiger partial charge in [0, 0.05) is 23.0 Å². The zero-order chi connectivity index (χ0) is 29.6. The number of amides is 4. The Morgan fingerprint density at radius 1 is 1.07 bits per heavy atom. The van der Waals surface area contributed by atoms with Crippen molar-refractivity contribution in [3.8, 4) is 11.5 Å². The molecule has 2 aromatic carbocycles. The third-order valence-corrected chi connectivity index (χ3v) is 10.9. The first kappa shape index (κ1) is 28.0. The number of rotatable bonds is 4. The number of carbonyl (C=O) groups is 4. The first-order valence-corrected chi connectivity index (χ1v) is 14.5. The Bertz CT molecular complexity index is 1590. The van der Waals surface area contributed by atoms with Crippen LogP contribution in [0.2, 0.25) is 0 Å². The van der Waals surface area contributed by atoms with Gasteiger partial charge in [-0.05, 0) is 48.6 Å². The molecule has 0 aromatic heterocycles. The molecule has 8 nitrogen and oxygen atoms in total. The summed E-state index contributed by atoms with van der Waals surface area (Å²) in [4.78, 5) is 53.2. The zero-order valence-electron chi connectivity index (χ0n) is 22.1. The molecular formula is C30H25BrCl2N2O6. The first-order chi connectivity index (χ1) is 19.4. The summed E-state index contributed by atoms with van der Waals surface area (Å²) in [5.41, 5.74) is 2.07. The average Bonchev–Trinajstić information content (AvgIpc) is 3.29. The number of fused-ring (bicyclic) bond motifs is 4. The molecule has 6 rings (SSSR count). The molecule has 41 heavy (non-hydrogen) atoms. The third kappa shape index (κ3) is 3.58. The largest absolute Gasteiger partial charge is 0.504 e. The van der Waals surface area contributed by atoms with E-state index in [1.165, 1.54) is 19.1 Å². The van der Waals surface area contributed by atoms with E-state index in [1.807, 2.05) is 6.08 Å². The third-order valence-electron chi connectivity index (χ3n) is 9.00. The topological polar surface area (TPSA) is 104 Å². The Kier molecular flexibility index (Phi) is 6.45. The van der Waals surface area contributed by atoms with E-state index in [0.29, 0.717) is 15.7 Å². The summed E-state index contributed by atoms with van der Waals surface area (Å²) in [6.45, 7) is 3.74. The van der Waals surface area contributed by atoms with Gasteiger partial charge in [-0.2, -0.15) is 0 Å². The number of aromatic hydroxyl groups is 1. The van der Waals surface area contributed by atoms with Gasteiger partial charge < -0.3 is 9.84 Å². The molecule has 1 N–H and O–H groups in total. The molecule has 0 unspecified atom stereocenters. The number of likely N-dealkylation sites (tertiary alicyclic amines) is 1. The fraction of sp³-hybridized carbons (Fsp3) is 0.333. The van der Waals surface area contributed by atoms with E-state index in [2.05, 4.69) is 22.5 Å². The Labute approximate surface area is 254 Å². The highest BCUT2D eigenvalue weighted by Crippen LogP contribution is 2.66. The molecule has 11 heteroatoms. The number of halogens is 3. The number of phenols is 1. The number of anilines is 1. The SMILES string of the molecule is C=Cc1ccc(N2C(=O)[C@H]3[C@H](CC=C4[C@H]3C[C@@]3(Cl)C(=O)N(C)C(=O)[C@@]3(Cl)[C@H]4c3cc(Br)cc(OC)c3O)C2=O)cc1. The van der Waals surface area contributed by atoms with Crippen LogP contribution in [0.5, 0.6) is 11.5 Å². The zero-order valence-corrected chi connectivity index (χ0v) is 25.2. The fourth-order valence-corrected chi connectivity index (χ4v) is 8.54. The number of imide groups is 2. The lowest BCUT2D eigenvalue weighted by molar-refractivity contribution is -0.138. The molecule has 0 bridgehead atoms. The van der Waals surface area contributed by atoms with Crippen molar-refractivity contribution >= 4 is 74.5 Å². The lowest BCUT2D eigenvalue weighted by Crippen LogP contribution is -2.60. The molecule has 2 saturated heterocycles. The predicted octanol–water partition coefficient (Wildman–Crippen LogP) is 5.00. The molecule has 4 aliphatic rings. The minimum atomic E-state index is -2.01. The van der Waals surface area contributed by atoms with E-state index in [4.69, 9.17) is 27.9 Å². The van der Waals surface area contributed by atoms with Crippen LogP contribution in [0.4, 0.5) is 5.69 Å². The normalized spacial score (nSPS) is 32.5. The van der Waals surface area contributed by atoms with Crippen LogP contribution in [-0.4, -0.2) is 57.5 Å². The summed E-state index contributed by atoms with van der Waals surface area (Å²) < 4.78 is 5.90. The van der Waals surface area contributed by atoms with E-state index in [1.54, 1.807) is 42.5 Å². The first-order valence-electron chi connectivity index (χ1n) is 13.0. The van der Waals surface area contributed by atoms with Crippen LogP contribution in [0.25, 0.3) is 6.08 Å². The van der Waals surface area contributed by atoms with Crippen molar-refractivity contribution in [2.45, 2.75) is 28.5 Å². The van der Waals surface area contributed by atoms with Gasteiger partial charge in [-0.3, -0.25) is 29.0 Å². The van der Waals surface area contributed by atoms with Gasteiger partial charge in [-0.25, -0.2) is 0 Å². The Hall–Kier alpha value is -3.14. The Morgan fingerprint density at radius 3 is 2.39 bits per heavy atom. The summed E-state index contributed by atoms with van der Waals surface area (Å²) in [5.74, 6) is -5.63. The van der Waals surface area contributed by atoms with Crippen molar-refractivity contribution in [2.75, 3.05) is 19.1 Å². The van der Waals surface area contributed by atoms with Crippen molar-refractivity contribution in [3.05, 3.63) is 70.2 Å². The van der Waals surface area contributed by atoms with Gasteiger partial charge in [0.1, 0.15) is 0 Å². The summed E-state index contributed by atoms with van der Waals surface area (Å²) in [7, 11) is 2.70. The van der Waals surface area contributed by atoms with Crippen LogP contribution < -0.4 is 9.64 Å². The molecule has 0 spiro atoms. The van der Waals surface area contributed by atoms with Crippen LogP contribution in [0.3, 0.4) is 0 Å². The molecule has 2 aromatic rings. The highest BCUT2D eigenvalue weighted by Gasteiger charge is 2.76. The maximum Gasteiger partial charge on any atom is 0.253 e. The number of alkyl halides is 2. The quantitative estimate of drug-likeness (QED) is 0.282. The minimum absolute atomic E-state index is 0.123.